The van der Waals surface area contributed by atoms with Crippen LogP contribution >= 0.6 is 0 Å². The number of ether oxygens (including phenoxy) is 1. The third-order valence-electron chi connectivity index (χ3n) is 3.30. The number of carbonyl (C=O) groups excluding carboxylic acids is 1. The summed E-state index contributed by atoms with van der Waals surface area (Å²) in [6.45, 7) is 2.63. The lowest BCUT2D eigenvalue weighted by molar-refractivity contribution is -0.120. The third-order valence-corrected chi connectivity index (χ3v) is 3.30. The number of hydrogen-bond donors (Lipinski definition) is 2. The van der Waals surface area contributed by atoms with Crippen LogP contribution in [0.25, 0.3) is 0 Å². The molecule has 6 heteroatoms. The van der Waals surface area contributed by atoms with Crippen LogP contribution in [-0.2, 0) is 9.53 Å². The number of nitrogens with one attached hydrogen (secondary N) is 2. The van der Waals surface area contributed by atoms with Crippen LogP contribution in [0, 0.1) is 18.6 Å². The van der Waals surface area contributed by atoms with Crippen molar-refractivity contribution < 1.29 is 18.3 Å². The van der Waals surface area contributed by atoms with Gasteiger partial charge in [0.1, 0.15) is 11.5 Å². The molecule has 4 nitrogen and oxygen atoms in total. The number of aryl methyl sites for hydroxylation is 1. The molecule has 0 bridgehead atoms. The molecule has 2 N–H and O–H groups in total. The minimum absolute atomic E-state index is 0.0743. The summed E-state index contributed by atoms with van der Waals surface area (Å²) < 4.78 is 32.4. The number of rotatable bonds is 4. The highest BCUT2D eigenvalue weighted by Crippen LogP contribution is 2.21. The van der Waals surface area contributed by atoms with Crippen molar-refractivity contribution in [3.63, 3.8) is 0 Å². The second-order valence-electron chi connectivity index (χ2n) is 4.86. The van der Waals surface area contributed by atoms with Gasteiger partial charge in [0.25, 0.3) is 0 Å². The zero-order chi connectivity index (χ0) is 14.5. The van der Waals surface area contributed by atoms with Gasteiger partial charge in [0.15, 0.2) is 5.82 Å². The molecule has 0 aromatic heterocycles. The Morgan fingerprint density at radius 2 is 2.05 bits per heavy atom. The fraction of sp³-hybridized carbons (Fsp3) is 0.500. The Morgan fingerprint density at radius 1 is 1.35 bits per heavy atom. The molecule has 1 aromatic rings. The van der Waals surface area contributed by atoms with E-state index in [1.165, 1.54) is 12.1 Å². The molecule has 20 heavy (non-hydrogen) atoms. The van der Waals surface area contributed by atoms with Gasteiger partial charge < -0.3 is 15.4 Å². The monoisotopic (exact) mass is 284 g/mol. The molecule has 1 saturated heterocycles. The zero-order valence-corrected chi connectivity index (χ0v) is 11.3. The van der Waals surface area contributed by atoms with Crippen LogP contribution in [0.3, 0.4) is 0 Å². The molecular formula is C14H18F2N2O2. The van der Waals surface area contributed by atoms with E-state index in [0.717, 1.165) is 12.8 Å². The molecule has 0 saturated carbocycles. The molecule has 0 aliphatic carbocycles. The van der Waals surface area contributed by atoms with Crippen molar-refractivity contribution in [3.8, 4) is 0 Å². The van der Waals surface area contributed by atoms with Crippen molar-refractivity contribution in [2.24, 2.45) is 0 Å². The summed E-state index contributed by atoms with van der Waals surface area (Å²) in [4.78, 5) is 11.7. The van der Waals surface area contributed by atoms with Crippen LogP contribution in [0.15, 0.2) is 12.1 Å². The number of benzene rings is 1. The Hall–Kier alpha value is -1.69. The first-order chi connectivity index (χ1) is 9.58. The molecule has 0 spiro atoms. The van der Waals surface area contributed by atoms with Gasteiger partial charge >= 0.3 is 0 Å². The largest absolute Gasteiger partial charge is 0.381 e. The van der Waals surface area contributed by atoms with Gasteiger partial charge in [-0.15, -0.1) is 0 Å². The van der Waals surface area contributed by atoms with E-state index in [1.807, 2.05) is 0 Å². The van der Waals surface area contributed by atoms with Gasteiger partial charge in [-0.1, -0.05) is 6.07 Å². The highest BCUT2D eigenvalue weighted by atomic mass is 19.1. The smallest absolute Gasteiger partial charge is 0.239 e. The maximum absolute atomic E-state index is 13.7. The van der Waals surface area contributed by atoms with E-state index in [0.29, 0.717) is 18.8 Å². The van der Waals surface area contributed by atoms with Gasteiger partial charge in [-0.25, -0.2) is 8.78 Å². The lowest BCUT2D eigenvalue weighted by atomic mass is 10.1. The highest BCUT2D eigenvalue weighted by Gasteiger charge is 2.17. The molecule has 1 aliphatic rings. The van der Waals surface area contributed by atoms with Crippen LogP contribution in [0.4, 0.5) is 14.5 Å². The topological polar surface area (TPSA) is 50.4 Å². The molecule has 1 aliphatic heterocycles. The molecule has 2 rings (SSSR count). The van der Waals surface area contributed by atoms with E-state index in [1.54, 1.807) is 6.92 Å². The first kappa shape index (κ1) is 14.7. The summed E-state index contributed by atoms with van der Waals surface area (Å²) in [6, 6.07) is 2.61. The third kappa shape index (κ3) is 3.66. The fourth-order valence-corrected chi connectivity index (χ4v) is 2.11. The highest BCUT2D eigenvalue weighted by molar-refractivity contribution is 5.81. The van der Waals surface area contributed by atoms with E-state index in [9.17, 15) is 13.6 Å². The number of halogens is 2. The lowest BCUT2D eigenvalue weighted by Crippen LogP contribution is -2.41. The average molecular weight is 284 g/mol. The van der Waals surface area contributed by atoms with Gasteiger partial charge in [-0.05, 0) is 31.4 Å². The van der Waals surface area contributed by atoms with E-state index >= 15 is 0 Å². The summed E-state index contributed by atoms with van der Waals surface area (Å²) in [5, 5.41) is 5.33. The van der Waals surface area contributed by atoms with Crippen LogP contribution < -0.4 is 10.6 Å². The molecular weight excluding hydrogens is 266 g/mol. The first-order valence-corrected chi connectivity index (χ1v) is 6.63. The maximum atomic E-state index is 13.7. The lowest BCUT2D eigenvalue weighted by Gasteiger charge is -2.23. The Kier molecular flexibility index (Phi) is 4.89. The van der Waals surface area contributed by atoms with E-state index in [4.69, 9.17) is 4.74 Å². The van der Waals surface area contributed by atoms with Crippen LogP contribution in [0.5, 0.6) is 0 Å². The van der Waals surface area contributed by atoms with E-state index in [2.05, 4.69) is 10.6 Å². The van der Waals surface area contributed by atoms with Crippen molar-refractivity contribution in [2.75, 3.05) is 25.1 Å². The van der Waals surface area contributed by atoms with Crippen molar-refractivity contribution in [3.05, 3.63) is 29.3 Å². The predicted molar refractivity (Wildman–Crippen MR) is 71.6 cm³/mol. The molecule has 110 valence electrons. The number of carbonyl (C=O) groups is 1. The van der Waals surface area contributed by atoms with E-state index in [-0.39, 0.29) is 24.2 Å². The van der Waals surface area contributed by atoms with Gasteiger partial charge in [0.2, 0.25) is 5.91 Å². The maximum Gasteiger partial charge on any atom is 0.239 e. The van der Waals surface area contributed by atoms with Crippen LogP contribution in [0.1, 0.15) is 18.4 Å². The molecule has 1 heterocycles. The van der Waals surface area contributed by atoms with Crippen molar-refractivity contribution in [1.82, 2.24) is 5.32 Å². The zero-order valence-electron chi connectivity index (χ0n) is 11.3. The van der Waals surface area contributed by atoms with Gasteiger partial charge in [-0.2, -0.15) is 0 Å². The number of amides is 1. The van der Waals surface area contributed by atoms with Crippen molar-refractivity contribution >= 4 is 11.6 Å². The molecule has 1 fully saturated rings. The first-order valence-electron chi connectivity index (χ1n) is 6.63. The summed E-state index contributed by atoms with van der Waals surface area (Å²) >= 11 is 0. The summed E-state index contributed by atoms with van der Waals surface area (Å²) in [6.07, 6.45) is 1.53. The van der Waals surface area contributed by atoms with Gasteiger partial charge in [0.05, 0.1) is 6.54 Å². The second kappa shape index (κ2) is 6.65. The Labute approximate surface area is 116 Å². The molecule has 1 amide bonds. The Bertz CT molecular complexity index is 488. The summed E-state index contributed by atoms with van der Waals surface area (Å²) in [5.41, 5.74) is 0.0749. The summed E-state index contributed by atoms with van der Waals surface area (Å²) in [5.74, 6) is -1.65. The van der Waals surface area contributed by atoms with Crippen LogP contribution in [-0.4, -0.2) is 31.7 Å². The minimum Gasteiger partial charge on any atom is -0.381 e. The SMILES string of the molecule is Cc1ccc(F)c(NCC(=O)NC2CCOCC2)c1F. The second-order valence-corrected chi connectivity index (χ2v) is 4.86. The molecule has 1 aromatic carbocycles. The summed E-state index contributed by atoms with van der Waals surface area (Å²) in [7, 11) is 0. The average Bonchev–Trinajstić information content (AvgIpc) is 2.44. The van der Waals surface area contributed by atoms with Crippen molar-refractivity contribution in [2.45, 2.75) is 25.8 Å². The predicted octanol–water partition coefficient (Wildman–Crippen LogP) is 1.98. The standard InChI is InChI=1S/C14H18F2N2O2/c1-9-2-3-11(15)14(13(9)16)17-8-12(19)18-10-4-6-20-7-5-10/h2-3,10,17H,4-8H2,1H3,(H,18,19). The van der Waals surface area contributed by atoms with E-state index < -0.39 is 11.6 Å². The molecule has 0 radical (unpaired) electrons. The fourth-order valence-electron chi connectivity index (χ4n) is 2.11. The quantitative estimate of drug-likeness (QED) is 0.889. The van der Waals surface area contributed by atoms with Crippen molar-refractivity contribution in [1.29, 1.82) is 0 Å². The molecule has 0 unspecified atom stereocenters. The number of anilines is 1. The minimum atomic E-state index is -0.702. The Balaban J connectivity index is 1.88. The van der Waals surface area contributed by atoms with Gasteiger partial charge in [-0.3, -0.25) is 4.79 Å². The van der Waals surface area contributed by atoms with Gasteiger partial charge in [0, 0.05) is 19.3 Å². The Morgan fingerprint density at radius 3 is 2.75 bits per heavy atom. The molecule has 0 atom stereocenters. The normalized spacial score (nSPS) is 15.9. The number of hydrogen-bond acceptors (Lipinski definition) is 3. The van der Waals surface area contributed by atoms with Crippen LogP contribution in [0.2, 0.25) is 0 Å².